The normalized spacial score (nSPS) is 25.0. The summed E-state index contributed by atoms with van der Waals surface area (Å²) in [5, 5.41) is 47.6. The molecular formula is C34H35N3O7. The topological polar surface area (TPSA) is 165 Å². The number of phenolic OH excluding ortho intramolecular Hbond substituents is 1. The summed E-state index contributed by atoms with van der Waals surface area (Å²) in [5.41, 5.74) is 5.23. The summed E-state index contributed by atoms with van der Waals surface area (Å²) < 4.78 is 0. The minimum absolute atomic E-state index is 0.0311. The first-order valence-electron chi connectivity index (χ1n) is 14.4. The van der Waals surface area contributed by atoms with Crippen LogP contribution in [0, 0.1) is 11.8 Å². The number of nitrogens with two attached hydrogens (primary N) is 1. The van der Waals surface area contributed by atoms with Gasteiger partial charge in [0.05, 0.1) is 11.6 Å². The van der Waals surface area contributed by atoms with Crippen molar-refractivity contribution in [1.29, 1.82) is 0 Å². The van der Waals surface area contributed by atoms with Gasteiger partial charge in [0.2, 0.25) is 5.78 Å². The molecule has 1 amide bonds. The van der Waals surface area contributed by atoms with Crippen molar-refractivity contribution < 1.29 is 34.8 Å². The Bertz CT molecular complexity index is 1840. The molecule has 3 aliphatic rings. The summed E-state index contributed by atoms with van der Waals surface area (Å²) in [6.45, 7) is 0.736. The number of carbonyl (C=O) groups is 3. The van der Waals surface area contributed by atoms with Crippen LogP contribution in [0.25, 0.3) is 27.7 Å². The van der Waals surface area contributed by atoms with E-state index in [0.29, 0.717) is 5.56 Å². The van der Waals surface area contributed by atoms with Crippen LogP contribution in [0.4, 0.5) is 0 Å². The summed E-state index contributed by atoms with van der Waals surface area (Å²) in [6, 6.07) is 14.2. The van der Waals surface area contributed by atoms with Gasteiger partial charge >= 0.3 is 0 Å². The highest BCUT2D eigenvalue weighted by Gasteiger charge is 2.64. The Morgan fingerprint density at radius 2 is 1.61 bits per heavy atom. The Morgan fingerprint density at radius 3 is 2.25 bits per heavy atom. The van der Waals surface area contributed by atoms with Gasteiger partial charge in [-0.15, -0.1) is 0 Å². The Kier molecular flexibility index (Phi) is 6.92. The second-order valence-corrected chi connectivity index (χ2v) is 12.5. The molecule has 0 aliphatic heterocycles. The largest absolute Gasteiger partial charge is 0.508 e. The van der Waals surface area contributed by atoms with Crippen molar-refractivity contribution in [3.05, 3.63) is 82.1 Å². The Balaban J connectivity index is 1.56. The molecule has 3 aromatic rings. The molecule has 6 N–H and O–H groups in total. The number of phenols is 1. The van der Waals surface area contributed by atoms with Gasteiger partial charge in [-0.2, -0.15) is 0 Å². The second-order valence-electron chi connectivity index (χ2n) is 12.5. The number of benzene rings is 3. The minimum atomic E-state index is -2.67. The zero-order valence-corrected chi connectivity index (χ0v) is 25.0. The molecule has 1 fully saturated rings. The lowest BCUT2D eigenvalue weighted by Crippen LogP contribution is -2.65. The molecule has 44 heavy (non-hydrogen) atoms. The van der Waals surface area contributed by atoms with Crippen LogP contribution < -0.4 is 5.73 Å². The van der Waals surface area contributed by atoms with Crippen LogP contribution >= 0.6 is 0 Å². The van der Waals surface area contributed by atoms with E-state index in [1.54, 1.807) is 20.2 Å². The van der Waals surface area contributed by atoms with Crippen LogP contribution in [0.5, 0.6) is 5.75 Å². The number of aliphatic hydroxyl groups excluding tert-OH is 2. The van der Waals surface area contributed by atoms with Crippen LogP contribution in [0.1, 0.15) is 23.1 Å². The lowest BCUT2D eigenvalue weighted by atomic mass is 9.57. The lowest BCUT2D eigenvalue weighted by Gasteiger charge is -2.50. The monoisotopic (exact) mass is 597 g/mol. The van der Waals surface area contributed by atoms with E-state index in [0.717, 1.165) is 34.0 Å². The third kappa shape index (κ3) is 4.09. The van der Waals surface area contributed by atoms with Gasteiger partial charge in [0.25, 0.3) is 5.91 Å². The SMILES string of the molecule is CN(C)Cc1ccc(-c2ccc(O)c3c2C[C@H]2C[C@H]4[C@H](N(C)C)C(=O)C(C(N)=O)=C(O)[C@@]4(O)C(=O)C2=C3O)c2ccccc12. The van der Waals surface area contributed by atoms with E-state index in [2.05, 4.69) is 17.0 Å². The van der Waals surface area contributed by atoms with E-state index in [1.807, 2.05) is 38.4 Å². The number of ketones is 2. The second kappa shape index (κ2) is 10.3. The zero-order valence-electron chi connectivity index (χ0n) is 25.0. The number of aliphatic hydroxyl groups is 3. The van der Waals surface area contributed by atoms with Crippen molar-refractivity contribution >= 4 is 34.0 Å². The summed E-state index contributed by atoms with van der Waals surface area (Å²) in [7, 11) is 7.16. The highest BCUT2D eigenvalue weighted by Crippen LogP contribution is 2.54. The number of hydrogen-bond donors (Lipinski definition) is 5. The van der Waals surface area contributed by atoms with Gasteiger partial charge in [-0.3, -0.25) is 19.3 Å². The van der Waals surface area contributed by atoms with Gasteiger partial charge in [0, 0.05) is 18.0 Å². The number of carbonyl (C=O) groups excluding carboxylic acids is 3. The van der Waals surface area contributed by atoms with Crippen molar-refractivity contribution in [2.45, 2.75) is 31.0 Å². The number of amides is 1. The first-order chi connectivity index (χ1) is 20.8. The summed E-state index contributed by atoms with van der Waals surface area (Å²) >= 11 is 0. The maximum absolute atomic E-state index is 14.1. The number of rotatable bonds is 5. The third-order valence-corrected chi connectivity index (χ3v) is 9.40. The van der Waals surface area contributed by atoms with E-state index in [1.165, 1.54) is 11.0 Å². The Hall–Kier alpha value is -4.51. The Morgan fingerprint density at radius 1 is 0.955 bits per heavy atom. The van der Waals surface area contributed by atoms with Crippen LogP contribution in [0.2, 0.25) is 0 Å². The third-order valence-electron chi connectivity index (χ3n) is 9.40. The predicted octanol–water partition coefficient (Wildman–Crippen LogP) is 2.85. The fraction of sp³-hybridized carbons (Fsp3) is 0.324. The highest BCUT2D eigenvalue weighted by molar-refractivity contribution is 6.24. The van der Waals surface area contributed by atoms with E-state index in [-0.39, 0.29) is 29.7 Å². The number of nitrogens with zero attached hydrogens (tertiary/aromatic N) is 2. The van der Waals surface area contributed by atoms with Crippen molar-refractivity contribution in [3.63, 3.8) is 0 Å². The van der Waals surface area contributed by atoms with Crippen LogP contribution in [-0.4, -0.2) is 87.5 Å². The number of aromatic hydroxyl groups is 1. The van der Waals surface area contributed by atoms with Gasteiger partial charge < -0.3 is 31.1 Å². The molecule has 10 heteroatoms. The van der Waals surface area contributed by atoms with Crippen molar-refractivity contribution in [2.24, 2.45) is 17.6 Å². The standard InChI is InChI=1S/C34H35N3O7/c1-36(2)15-16-9-10-20(19-8-6-5-7-18(16)19)21-11-12-24(38)26-22(21)13-17-14-23-28(37(3)4)30(40)27(33(35)43)32(42)34(23,44)31(41)25(17)29(26)39/h5-12,17,23,28,38-39,42,44H,13-15H2,1-4H3,(H2,35,43)/t17-,23-,28-,34-/m0/s1. The number of hydrogen-bond acceptors (Lipinski definition) is 9. The van der Waals surface area contributed by atoms with Crippen LogP contribution in [0.3, 0.4) is 0 Å². The van der Waals surface area contributed by atoms with Crippen molar-refractivity contribution in [1.82, 2.24) is 9.80 Å². The molecule has 3 aliphatic carbocycles. The molecule has 10 nitrogen and oxygen atoms in total. The fourth-order valence-corrected chi connectivity index (χ4v) is 7.57. The molecule has 0 bridgehead atoms. The van der Waals surface area contributed by atoms with Gasteiger partial charge in [0.15, 0.2) is 11.4 Å². The fourth-order valence-electron chi connectivity index (χ4n) is 7.57. The van der Waals surface area contributed by atoms with E-state index in [4.69, 9.17) is 5.73 Å². The first-order valence-corrected chi connectivity index (χ1v) is 14.4. The summed E-state index contributed by atoms with van der Waals surface area (Å²) in [6.07, 6.45) is 0.245. The van der Waals surface area contributed by atoms with Gasteiger partial charge in [-0.05, 0) is 86.0 Å². The minimum Gasteiger partial charge on any atom is -0.508 e. The summed E-state index contributed by atoms with van der Waals surface area (Å²) in [5.74, 6) is -6.71. The molecule has 228 valence electrons. The molecule has 0 aromatic heterocycles. The van der Waals surface area contributed by atoms with Crippen LogP contribution in [0.15, 0.2) is 65.4 Å². The molecule has 0 unspecified atom stereocenters. The number of fused-ring (bicyclic) bond motifs is 4. The molecule has 0 heterocycles. The highest BCUT2D eigenvalue weighted by atomic mass is 16.3. The van der Waals surface area contributed by atoms with E-state index < -0.39 is 58.0 Å². The number of primary amides is 1. The molecule has 4 atom stereocenters. The van der Waals surface area contributed by atoms with Crippen molar-refractivity contribution in [2.75, 3.05) is 28.2 Å². The molecular weight excluding hydrogens is 562 g/mol. The number of likely N-dealkylation sites (N-methyl/N-ethyl adjacent to an activating group) is 1. The number of Topliss-reactive ketones (excluding diaryl/α,β-unsaturated/α-hetero) is 2. The lowest BCUT2D eigenvalue weighted by molar-refractivity contribution is -0.153. The average molecular weight is 598 g/mol. The van der Waals surface area contributed by atoms with Gasteiger partial charge in [-0.1, -0.05) is 42.5 Å². The smallest absolute Gasteiger partial charge is 0.255 e. The van der Waals surface area contributed by atoms with E-state index >= 15 is 0 Å². The maximum Gasteiger partial charge on any atom is 0.255 e. The van der Waals surface area contributed by atoms with Gasteiger partial charge in [0.1, 0.15) is 22.8 Å². The van der Waals surface area contributed by atoms with Gasteiger partial charge in [-0.25, -0.2) is 0 Å². The molecule has 0 saturated heterocycles. The zero-order chi connectivity index (χ0) is 31.8. The molecule has 3 aromatic carbocycles. The average Bonchev–Trinajstić information content (AvgIpc) is 2.95. The molecule has 1 saturated carbocycles. The predicted molar refractivity (Wildman–Crippen MR) is 165 cm³/mol. The molecule has 6 rings (SSSR count). The Labute approximate surface area is 254 Å². The van der Waals surface area contributed by atoms with Crippen LogP contribution in [-0.2, 0) is 27.3 Å². The summed E-state index contributed by atoms with van der Waals surface area (Å²) in [4.78, 5) is 43.3. The van der Waals surface area contributed by atoms with Crippen molar-refractivity contribution in [3.8, 4) is 16.9 Å². The molecule has 0 radical (unpaired) electrons. The quantitative estimate of drug-likeness (QED) is 0.278. The molecule has 0 spiro atoms. The maximum atomic E-state index is 14.1. The van der Waals surface area contributed by atoms with E-state index in [9.17, 15) is 34.8 Å². The first kappa shape index (κ1) is 29.6.